The Labute approximate surface area is 69.3 Å². The van der Waals surface area contributed by atoms with Crippen LogP contribution in [0.5, 0.6) is 0 Å². The summed E-state index contributed by atoms with van der Waals surface area (Å²) >= 11 is 1.96. The quantitative estimate of drug-likeness (QED) is 0.570. The van der Waals surface area contributed by atoms with E-state index in [0.29, 0.717) is 0 Å². The molecule has 0 spiro atoms. The van der Waals surface area contributed by atoms with Crippen LogP contribution in [0.2, 0.25) is 0 Å². The van der Waals surface area contributed by atoms with Gasteiger partial charge in [-0.15, -0.1) is 0 Å². The van der Waals surface area contributed by atoms with Gasteiger partial charge >= 0.3 is 0 Å². The van der Waals surface area contributed by atoms with Crippen molar-refractivity contribution >= 4 is 11.9 Å². The van der Waals surface area contributed by atoms with Crippen molar-refractivity contribution in [2.24, 2.45) is 0 Å². The highest BCUT2D eigenvalue weighted by Crippen LogP contribution is 2.15. The van der Waals surface area contributed by atoms with Gasteiger partial charge in [0.05, 0.1) is 0 Å². The Morgan fingerprint density at radius 3 is 2.20 bits per heavy atom. The van der Waals surface area contributed by atoms with E-state index >= 15 is 0 Å². The van der Waals surface area contributed by atoms with Gasteiger partial charge in [-0.2, -0.15) is 0 Å². The van der Waals surface area contributed by atoms with Crippen molar-refractivity contribution in [3.8, 4) is 0 Å². The molecule has 0 saturated carbocycles. The van der Waals surface area contributed by atoms with Crippen LogP contribution in [0.15, 0.2) is 0 Å². The molecule has 0 aliphatic rings. The molecule has 2 heteroatoms. The normalized spacial score (nSPS) is 11.4. The van der Waals surface area contributed by atoms with Gasteiger partial charge in [-0.1, -0.05) is 39.6 Å². The van der Waals surface area contributed by atoms with E-state index in [4.69, 9.17) is 0 Å². The van der Waals surface area contributed by atoms with Crippen molar-refractivity contribution < 1.29 is 0 Å². The zero-order chi connectivity index (χ0) is 7.98. The molecular formula is C8H19NS. The van der Waals surface area contributed by atoms with Gasteiger partial charge < -0.3 is 0 Å². The van der Waals surface area contributed by atoms with Crippen LogP contribution in [-0.2, 0) is 0 Å². The van der Waals surface area contributed by atoms with Crippen LogP contribution in [0.25, 0.3) is 0 Å². The van der Waals surface area contributed by atoms with Crippen molar-refractivity contribution in [3.05, 3.63) is 0 Å². The Kier molecular flexibility index (Phi) is 6.24. The molecule has 0 rings (SSSR count). The summed E-state index contributed by atoms with van der Waals surface area (Å²) in [6.07, 6.45) is 1.26. The van der Waals surface area contributed by atoms with Crippen molar-refractivity contribution in [1.82, 2.24) is 4.31 Å². The smallest absolute Gasteiger partial charge is 0.0138 e. The maximum Gasteiger partial charge on any atom is 0.0138 e. The largest absolute Gasteiger partial charge is 0.251 e. The molecule has 0 heterocycles. The molecule has 62 valence electrons. The van der Waals surface area contributed by atoms with Crippen LogP contribution >= 0.6 is 11.9 Å². The molecule has 0 aromatic heterocycles. The Balaban J connectivity index is 3.39. The molecule has 0 aliphatic carbocycles. The van der Waals surface area contributed by atoms with Crippen molar-refractivity contribution in [1.29, 1.82) is 0 Å². The third kappa shape index (κ3) is 5.12. The van der Waals surface area contributed by atoms with Crippen molar-refractivity contribution in [3.63, 3.8) is 0 Å². The first-order valence-corrected chi connectivity index (χ1v) is 4.96. The van der Waals surface area contributed by atoms with Crippen LogP contribution < -0.4 is 0 Å². The maximum atomic E-state index is 2.42. The highest BCUT2D eigenvalue weighted by Gasteiger charge is 2.02. The summed E-state index contributed by atoms with van der Waals surface area (Å²) in [6, 6.07) is 0. The van der Waals surface area contributed by atoms with E-state index in [-0.39, 0.29) is 0 Å². The molecule has 0 N–H and O–H groups in total. The monoisotopic (exact) mass is 161 g/mol. The Bertz CT molecular complexity index is 73.7. The third-order valence-corrected chi connectivity index (χ3v) is 2.35. The van der Waals surface area contributed by atoms with Gasteiger partial charge in [0, 0.05) is 18.3 Å². The van der Waals surface area contributed by atoms with Gasteiger partial charge in [-0.05, 0) is 6.42 Å². The van der Waals surface area contributed by atoms with Crippen LogP contribution in [-0.4, -0.2) is 22.6 Å². The minimum absolute atomic E-state index is 0.728. The topological polar surface area (TPSA) is 3.24 Å². The SMILES string of the molecule is CCCN(CC)SC(C)C. The average Bonchev–Trinajstić information content (AvgIpc) is 1.86. The standard InChI is InChI=1S/C8H19NS/c1-5-7-9(6-2)10-8(3)4/h8H,5-7H2,1-4H3. The fourth-order valence-corrected chi connectivity index (χ4v) is 1.87. The second-order valence-corrected chi connectivity index (χ2v) is 4.35. The lowest BCUT2D eigenvalue weighted by molar-refractivity contribution is 0.491. The van der Waals surface area contributed by atoms with Gasteiger partial charge in [-0.3, -0.25) is 4.31 Å². The molecule has 0 amide bonds. The lowest BCUT2D eigenvalue weighted by Gasteiger charge is -2.19. The summed E-state index contributed by atoms with van der Waals surface area (Å²) in [5.41, 5.74) is 0. The highest BCUT2D eigenvalue weighted by molar-refractivity contribution is 7.97. The molecule has 0 saturated heterocycles. The van der Waals surface area contributed by atoms with E-state index in [0.717, 1.165) is 11.8 Å². The molecule has 1 nitrogen and oxygen atoms in total. The second-order valence-electron chi connectivity index (χ2n) is 2.68. The Hall–Kier alpha value is 0.310. The van der Waals surface area contributed by atoms with Crippen LogP contribution in [0, 0.1) is 0 Å². The fourth-order valence-electron chi connectivity index (χ4n) is 0.833. The molecule has 0 radical (unpaired) electrons. The highest BCUT2D eigenvalue weighted by atomic mass is 32.2. The summed E-state index contributed by atoms with van der Waals surface area (Å²) < 4.78 is 2.42. The zero-order valence-corrected chi connectivity index (χ0v) is 8.37. The molecular weight excluding hydrogens is 142 g/mol. The molecule has 0 aromatic rings. The van der Waals surface area contributed by atoms with Gasteiger partial charge in [-0.25, -0.2) is 0 Å². The molecule has 0 aromatic carbocycles. The molecule has 0 aliphatic heterocycles. The van der Waals surface area contributed by atoms with Crippen LogP contribution in [0.3, 0.4) is 0 Å². The van der Waals surface area contributed by atoms with Gasteiger partial charge in [0.15, 0.2) is 0 Å². The van der Waals surface area contributed by atoms with Crippen molar-refractivity contribution in [2.75, 3.05) is 13.1 Å². The lowest BCUT2D eigenvalue weighted by Crippen LogP contribution is -2.18. The first-order chi connectivity index (χ1) is 4.70. The molecule has 0 unspecified atom stereocenters. The lowest BCUT2D eigenvalue weighted by atomic mass is 10.5. The average molecular weight is 161 g/mol. The number of hydrogen-bond donors (Lipinski definition) is 0. The fraction of sp³-hybridized carbons (Fsp3) is 1.00. The summed E-state index contributed by atoms with van der Waals surface area (Å²) in [5.74, 6) is 0. The van der Waals surface area contributed by atoms with E-state index in [9.17, 15) is 0 Å². The first-order valence-electron chi connectivity index (χ1n) is 4.12. The molecule has 10 heavy (non-hydrogen) atoms. The van der Waals surface area contributed by atoms with Gasteiger partial charge in [0.1, 0.15) is 0 Å². The minimum Gasteiger partial charge on any atom is -0.251 e. The Morgan fingerprint density at radius 1 is 1.30 bits per heavy atom. The predicted octanol–water partition coefficient (Wildman–Crippen LogP) is 2.77. The van der Waals surface area contributed by atoms with E-state index in [1.54, 1.807) is 0 Å². The minimum atomic E-state index is 0.728. The number of hydrogen-bond acceptors (Lipinski definition) is 2. The van der Waals surface area contributed by atoms with E-state index in [1.165, 1.54) is 13.0 Å². The van der Waals surface area contributed by atoms with Crippen molar-refractivity contribution in [2.45, 2.75) is 39.4 Å². The molecule has 0 atom stereocenters. The number of nitrogens with zero attached hydrogens (tertiary/aromatic N) is 1. The Morgan fingerprint density at radius 2 is 1.90 bits per heavy atom. The van der Waals surface area contributed by atoms with E-state index < -0.39 is 0 Å². The van der Waals surface area contributed by atoms with Gasteiger partial charge in [0.25, 0.3) is 0 Å². The maximum absolute atomic E-state index is 2.42. The third-order valence-electron chi connectivity index (χ3n) is 1.19. The summed E-state index contributed by atoms with van der Waals surface area (Å²) in [5, 5.41) is 0.728. The molecule has 0 fully saturated rings. The molecule has 0 bridgehead atoms. The summed E-state index contributed by atoms with van der Waals surface area (Å²) in [7, 11) is 0. The predicted molar refractivity (Wildman–Crippen MR) is 50.3 cm³/mol. The van der Waals surface area contributed by atoms with Crippen LogP contribution in [0.4, 0.5) is 0 Å². The van der Waals surface area contributed by atoms with Crippen LogP contribution in [0.1, 0.15) is 34.1 Å². The first kappa shape index (κ1) is 10.3. The number of rotatable bonds is 5. The van der Waals surface area contributed by atoms with E-state index in [2.05, 4.69) is 32.0 Å². The van der Waals surface area contributed by atoms with E-state index in [1.807, 2.05) is 11.9 Å². The summed E-state index contributed by atoms with van der Waals surface area (Å²) in [6.45, 7) is 11.3. The second kappa shape index (κ2) is 6.05. The summed E-state index contributed by atoms with van der Waals surface area (Å²) in [4.78, 5) is 0. The van der Waals surface area contributed by atoms with Gasteiger partial charge in [0.2, 0.25) is 0 Å². The zero-order valence-electron chi connectivity index (χ0n) is 7.55.